The first-order chi connectivity index (χ1) is 11.1. The Morgan fingerprint density at radius 3 is 2.65 bits per heavy atom. The van der Waals surface area contributed by atoms with E-state index < -0.39 is 0 Å². The van der Waals surface area contributed by atoms with Gasteiger partial charge in [-0.25, -0.2) is 0 Å². The van der Waals surface area contributed by atoms with Gasteiger partial charge in [0, 0.05) is 12.1 Å². The van der Waals surface area contributed by atoms with E-state index in [1.165, 1.54) is 0 Å². The molecule has 2 aromatic rings. The van der Waals surface area contributed by atoms with Crippen LogP contribution in [-0.2, 0) is 0 Å². The third-order valence-electron chi connectivity index (χ3n) is 3.88. The number of hydrogen-bond acceptors (Lipinski definition) is 3. The standard InChI is InChI=1S/C19H20N2O2/c1-4-21(14(2)16-8-6-10-18(12-16)23-3)19(22)17-9-5-7-15(11-17)13-20/h5-12,14H,4H2,1-3H3. The topological polar surface area (TPSA) is 53.3 Å². The second-order valence-electron chi connectivity index (χ2n) is 5.24. The molecule has 1 atom stereocenters. The Labute approximate surface area is 136 Å². The Kier molecular flexibility index (Phi) is 5.37. The van der Waals surface area contributed by atoms with Gasteiger partial charge in [-0.05, 0) is 49.7 Å². The van der Waals surface area contributed by atoms with Gasteiger partial charge in [0.05, 0.1) is 24.8 Å². The maximum atomic E-state index is 12.8. The van der Waals surface area contributed by atoms with Gasteiger partial charge >= 0.3 is 0 Å². The van der Waals surface area contributed by atoms with Gasteiger partial charge in [-0.1, -0.05) is 18.2 Å². The third kappa shape index (κ3) is 3.70. The molecule has 0 aliphatic carbocycles. The molecule has 0 spiro atoms. The molecule has 0 aliphatic heterocycles. The van der Waals surface area contributed by atoms with Crippen LogP contribution in [0.2, 0.25) is 0 Å². The van der Waals surface area contributed by atoms with Crippen molar-refractivity contribution in [3.63, 3.8) is 0 Å². The van der Waals surface area contributed by atoms with Gasteiger partial charge in [-0.3, -0.25) is 4.79 Å². The van der Waals surface area contributed by atoms with Gasteiger partial charge in [0.25, 0.3) is 5.91 Å². The molecule has 0 radical (unpaired) electrons. The zero-order chi connectivity index (χ0) is 16.8. The van der Waals surface area contributed by atoms with Gasteiger partial charge in [-0.2, -0.15) is 5.26 Å². The third-order valence-corrected chi connectivity index (χ3v) is 3.88. The normalized spacial score (nSPS) is 11.4. The second-order valence-corrected chi connectivity index (χ2v) is 5.24. The van der Waals surface area contributed by atoms with Crippen molar-refractivity contribution in [3.05, 3.63) is 65.2 Å². The van der Waals surface area contributed by atoms with Crippen LogP contribution in [0.15, 0.2) is 48.5 Å². The molecule has 2 rings (SSSR count). The van der Waals surface area contributed by atoms with Crippen LogP contribution in [-0.4, -0.2) is 24.5 Å². The van der Waals surface area contributed by atoms with E-state index in [-0.39, 0.29) is 11.9 Å². The SMILES string of the molecule is CCN(C(=O)c1cccc(C#N)c1)C(C)c1cccc(OC)c1. The van der Waals surface area contributed by atoms with Crippen LogP contribution in [0.25, 0.3) is 0 Å². The number of rotatable bonds is 5. The first-order valence-corrected chi connectivity index (χ1v) is 7.55. The number of ether oxygens (including phenoxy) is 1. The fourth-order valence-electron chi connectivity index (χ4n) is 2.56. The molecule has 0 fully saturated rings. The molecule has 0 aliphatic rings. The Morgan fingerprint density at radius 1 is 1.26 bits per heavy atom. The van der Waals surface area contributed by atoms with E-state index in [0.717, 1.165) is 11.3 Å². The molecular weight excluding hydrogens is 288 g/mol. The minimum absolute atomic E-state index is 0.0834. The number of amides is 1. The number of hydrogen-bond donors (Lipinski definition) is 0. The maximum absolute atomic E-state index is 12.8. The molecular formula is C19H20N2O2. The summed E-state index contributed by atoms with van der Waals surface area (Å²) in [5.74, 6) is 0.684. The van der Waals surface area contributed by atoms with Crippen LogP contribution >= 0.6 is 0 Å². The average molecular weight is 308 g/mol. The summed E-state index contributed by atoms with van der Waals surface area (Å²) in [7, 11) is 1.62. The summed E-state index contributed by atoms with van der Waals surface area (Å²) in [4.78, 5) is 14.6. The van der Waals surface area contributed by atoms with Gasteiger partial charge in [0.15, 0.2) is 0 Å². The molecule has 4 heteroatoms. The van der Waals surface area contributed by atoms with Gasteiger partial charge in [0.1, 0.15) is 5.75 Å². The summed E-state index contributed by atoms with van der Waals surface area (Å²) in [5, 5.41) is 9.00. The largest absolute Gasteiger partial charge is 0.497 e. The van der Waals surface area contributed by atoms with Gasteiger partial charge < -0.3 is 9.64 Å². The summed E-state index contributed by atoms with van der Waals surface area (Å²) in [6.07, 6.45) is 0. The monoisotopic (exact) mass is 308 g/mol. The molecule has 118 valence electrons. The Bertz CT molecular complexity index is 734. The van der Waals surface area contributed by atoms with Crippen molar-refractivity contribution in [3.8, 4) is 11.8 Å². The fraction of sp³-hybridized carbons (Fsp3) is 0.263. The van der Waals surface area contributed by atoms with Crippen molar-refractivity contribution in [1.29, 1.82) is 5.26 Å². The molecule has 2 aromatic carbocycles. The van der Waals surface area contributed by atoms with Crippen molar-refractivity contribution >= 4 is 5.91 Å². The minimum Gasteiger partial charge on any atom is -0.497 e. The minimum atomic E-state index is -0.0895. The molecule has 4 nitrogen and oxygen atoms in total. The molecule has 0 bridgehead atoms. The van der Waals surface area contributed by atoms with Gasteiger partial charge in [-0.15, -0.1) is 0 Å². The van der Waals surface area contributed by atoms with Crippen molar-refractivity contribution in [1.82, 2.24) is 4.90 Å². The van der Waals surface area contributed by atoms with E-state index >= 15 is 0 Å². The first-order valence-electron chi connectivity index (χ1n) is 7.55. The molecule has 0 saturated carbocycles. The zero-order valence-electron chi connectivity index (χ0n) is 13.6. The van der Waals surface area contributed by atoms with E-state index in [1.807, 2.05) is 38.1 Å². The van der Waals surface area contributed by atoms with Crippen LogP contribution in [0.1, 0.15) is 41.4 Å². The highest BCUT2D eigenvalue weighted by atomic mass is 16.5. The highest BCUT2D eigenvalue weighted by Crippen LogP contribution is 2.25. The number of nitrogens with zero attached hydrogens (tertiary/aromatic N) is 2. The van der Waals surface area contributed by atoms with Crippen molar-refractivity contribution in [2.75, 3.05) is 13.7 Å². The van der Waals surface area contributed by atoms with Crippen LogP contribution in [0.4, 0.5) is 0 Å². The smallest absolute Gasteiger partial charge is 0.254 e. The van der Waals surface area contributed by atoms with Gasteiger partial charge in [0.2, 0.25) is 0 Å². The quantitative estimate of drug-likeness (QED) is 0.844. The highest BCUT2D eigenvalue weighted by Gasteiger charge is 2.21. The number of nitriles is 1. The predicted molar refractivity (Wildman–Crippen MR) is 89.3 cm³/mol. The average Bonchev–Trinajstić information content (AvgIpc) is 2.62. The van der Waals surface area contributed by atoms with E-state index in [9.17, 15) is 4.79 Å². The molecule has 1 amide bonds. The first kappa shape index (κ1) is 16.6. The molecule has 1 unspecified atom stereocenters. The highest BCUT2D eigenvalue weighted by molar-refractivity contribution is 5.94. The van der Waals surface area contributed by atoms with E-state index in [2.05, 4.69) is 6.07 Å². The molecule has 0 aromatic heterocycles. The lowest BCUT2D eigenvalue weighted by atomic mass is 10.0. The van der Waals surface area contributed by atoms with Crippen molar-refractivity contribution in [2.45, 2.75) is 19.9 Å². The van der Waals surface area contributed by atoms with Crippen LogP contribution in [0.3, 0.4) is 0 Å². The van der Waals surface area contributed by atoms with Crippen LogP contribution < -0.4 is 4.74 Å². The zero-order valence-corrected chi connectivity index (χ0v) is 13.6. The van der Waals surface area contributed by atoms with E-state index in [1.54, 1.807) is 36.3 Å². The lowest BCUT2D eigenvalue weighted by molar-refractivity contribution is 0.0702. The fourth-order valence-corrected chi connectivity index (χ4v) is 2.56. The number of carbonyl (C=O) groups is 1. The predicted octanol–water partition coefficient (Wildman–Crippen LogP) is 3.79. The molecule has 0 heterocycles. The summed E-state index contributed by atoms with van der Waals surface area (Å²) in [6.45, 7) is 4.51. The Hall–Kier alpha value is -2.80. The summed E-state index contributed by atoms with van der Waals surface area (Å²) >= 11 is 0. The molecule has 23 heavy (non-hydrogen) atoms. The van der Waals surface area contributed by atoms with E-state index in [4.69, 9.17) is 10.00 Å². The molecule has 0 N–H and O–H groups in total. The number of benzene rings is 2. The van der Waals surface area contributed by atoms with Crippen LogP contribution in [0, 0.1) is 11.3 Å². The second kappa shape index (κ2) is 7.46. The Morgan fingerprint density at radius 2 is 2.00 bits per heavy atom. The van der Waals surface area contributed by atoms with Crippen molar-refractivity contribution in [2.24, 2.45) is 0 Å². The van der Waals surface area contributed by atoms with Crippen molar-refractivity contribution < 1.29 is 9.53 Å². The lowest BCUT2D eigenvalue weighted by Crippen LogP contribution is -2.33. The summed E-state index contributed by atoms with van der Waals surface area (Å²) in [5.41, 5.74) is 2.03. The van der Waals surface area contributed by atoms with E-state index in [0.29, 0.717) is 17.7 Å². The summed E-state index contributed by atoms with van der Waals surface area (Å²) in [6, 6.07) is 16.5. The number of carbonyl (C=O) groups excluding carboxylic acids is 1. The lowest BCUT2D eigenvalue weighted by Gasteiger charge is -2.29. The number of methoxy groups -OCH3 is 1. The Balaban J connectivity index is 2.30. The summed E-state index contributed by atoms with van der Waals surface area (Å²) < 4.78 is 5.25. The molecule has 0 saturated heterocycles. The van der Waals surface area contributed by atoms with Crippen LogP contribution in [0.5, 0.6) is 5.75 Å². The maximum Gasteiger partial charge on any atom is 0.254 e.